The molecule has 0 fully saturated rings. The van der Waals surface area contributed by atoms with Crippen molar-refractivity contribution in [3.05, 3.63) is 17.7 Å². The highest BCUT2D eigenvalue weighted by Gasteiger charge is 2.09. The Bertz CT molecular complexity index is 399. The van der Waals surface area contributed by atoms with Crippen LogP contribution in [0.15, 0.2) is 17.0 Å². The fourth-order valence-corrected chi connectivity index (χ4v) is 1.91. The summed E-state index contributed by atoms with van der Waals surface area (Å²) < 4.78 is 25.3. The van der Waals surface area contributed by atoms with Crippen molar-refractivity contribution in [1.29, 1.82) is 0 Å². The molecule has 0 heterocycles. The zero-order valence-electron chi connectivity index (χ0n) is 11.6. The van der Waals surface area contributed by atoms with Gasteiger partial charge in [-0.2, -0.15) is 0 Å². The Hall–Kier alpha value is -0.580. The zero-order valence-corrected chi connectivity index (χ0v) is 11.2. The number of rotatable bonds is 5. The van der Waals surface area contributed by atoms with Gasteiger partial charge in [0.25, 0.3) is 0 Å². The Morgan fingerprint density at radius 1 is 1.31 bits per heavy atom. The van der Waals surface area contributed by atoms with Gasteiger partial charge in [0.1, 0.15) is 11.5 Å². The maximum absolute atomic E-state index is 7.41. The summed E-state index contributed by atoms with van der Waals surface area (Å²) in [5, 5.41) is 0. The van der Waals surface area contributed by atoms with E-state index in [1.54, 1.807) is 32.0 Å². The van der Waals surface area contributed by atoms with Crippen LogP contribution < -0.4 is 15.2 Å². The van der Waals surface area contributed by atoms with Crippen LogP contribution in [0.5, 0.6) is 11.5 Å². The largest absolute Gasteiger partial charge is 0.496 e. The van der Waals surface area contributed by atoms with Gasteiger partial charge in [-0.15, -0.1) is 24.2 Å². The van der Waals surface area contributed by atoms with E-state index in [1.807, 2.05) is 12.3 Å². The van der Waals surface area contributed by atoms with Gasteiger partial charge in [0.15, 0.2) is 0 Å². The van der Waals surface area contributed by atoms with Crippen molar-refractivity contribution < 1.29 is 12.2 Å². The molecule has 0 bridgehead atoms. The summed E-state index contributed by atoms with van der Waals surface area (Å²) in [6.07, 6.45) is 2.03. The van der Waals surface area contributed by atoms with Gasteiger partial charge in [-0.1, -0.05) is 0 Å². The molecule has 92 valence electrons. The van der Waals surface area contributed by atoms with Gasteiger partial charge in [0.05, 0.1) is 19.1 Å². The second kappa shape index (κ2) is 7.65. The summed E-state index contributed by atoms with van der Waals surface area (Å²) >= 11 is 1.55. The molecule has 0 aliphatic carbocycles. The van der Waals surface area contributed by atoms with E-state index >= 15 is 0 Å². The van der Waals surface area contributed by atoms with E-state index < -0.39 is 6.50 Å². The molecule has 0 amide bonds. The average Bonchev–Trinajstić information content (AvgIpc) is 2.26. The van der Waals surface area contributed by atoms with Crippen LogP contribution in [0.3, 0.4) is 0 Å². The van der Waals surface area contributed by atoms with Crippen molar-refractivity contribution in [2.24, 2.45) is 5.73 Å². The second-order valence-corrected chi connectivity index (χ2v) is 3.75. The Balaban J connectivity index is 0.00000289. The van der Waals surface area contributed by atoms with Crippen LogP contribution in [0.4, 0.5) is 0 Å². The van der Waals surface area contributed by atoms with Crippen LogP contribution in [0, 0.1) is 0 Å². The number of methoxy groups -OCH3 is 2. The van der Waals surface area contributed by atoms with Crippen molar-refractivity contribution in [1.82, 2.24) is 0 Å². The third-order valence-corrected chi connectivity index (χ3v) is 2.84. The molecule has 0 aliphatic rings. The first kappa shape index (κ1) is 11.9. The molecule has 3 nitrogen and oxygen atoms in total. The predicted octanol–water partition coefficient (Wildman–Crippen LogP) is 2.35. The maximum atomic E-state index is 7.41. The SMILES string of the molecule is Cl.[2H]C([2H])(N)Cc1cc(OC)c(SC)cc1OC. The van der Waals surface area contributed by atoms with Gasteiger partial charge in [-0.3, -0.25) is 0 Å². The third kappa shape index (κ3) is 3.47. The molecule has 0 radical (unpaired) electrons. The van der Waals surface area contributed by atoms with Crippen molar-refractivity contribution in [2.75, 3.05) is 27.0 Å². The topological polar surface area (TPSA) is 44.5 Å². The highest BCUT2D eigenvalue weighted by atomic mass is 35.5. The smallest absolute Gasteiger partial charge is 0.132 e. The Morgan fingerprint density at radius 2 is 1.94 bits per heavy atom. The number of benzene rings is 1. The second-order valence-electron chi connectivity index (χ2n) is 2.90. The number of aryl methyl sites for hydroxylation is 1. The number of thioether (sulfide) groups is 1. The first-order valence-electron chi connectivity index (χ1n) is 5.49. The van der Waals surface area contributed by atoms with Gasteiger partial charge < -0.3 is 15.2 Å². The molecule has 0 unspecified atom stereocenters. The third-order valence-electron chi connectivity index (χ3n) is 2.08. The molecule has 1 rings (SSSR count). The van der Waals surface area contributed by atoms with E-state index in [-0.39, 0.29) is 18.8 Å². The summed E-state index contributed by atoms with van der Waals surface area (Å²) in [5.74, 6) is 1.34. The fraction of sp³-hybridized carbons (Fsp3) is 0.455. The molecule has 2 N–H and O–H groups in total. The Kier molecular flexibility index (Phi) is 5.69. The number of halogens is 1. The molecule has 5 heteroatoms. The van der Waals surface area contributed by atoms with Crippen LogP contribution in [0.1, 0.15) is 8.30 Å². The number of ether oxygens (including phenoxy) is 2. The molecule has 0 saturated heterocycles. The highest BCUT2D eigenvalue weighted by molar-refractivity contribution is 7.98. The lowest BCUT2D eigenvalue weighted by atomic mass is 10.1. The molecular formula is C11H18ClNO2S. The number of nitrogens with two attached hydrogens (primary N) is 1. The standard InChI is InChI=1S/C11H17NO2S.ClH/c1-13-9-7-11(15-3)10(14-2)6-8(9)4-5-12;/h6-7H,4-5,12H2,1-3H3;1H/i5D2;. The van der Waals surface area contributed by atoms with E-state index in [0.29, 0.717) is 17.1 Å². The van der Waals surface area contributed by atoms with Crippen LogP contribution in [-0.2, 0) is 6.42 Å². The lowest BCUT2D eigenvalue weighted by Gasteiger charge is -2.13. The molecule has 16 heavy (non-hydrogen) atoms. The molecule has 0 spiro atoms. The molecule has 0 atom stereocenters. The maximum Gasteiger partial charge on any atom is 0.132 e. The predicted molar refractivity (Wildman–Crippen MR) is 71.3 cm³/mol. The summed E-state index contributed by atoms with van der Waals surface area (Å²) in [7, 11) is 3.14. The quantitative estimate of drug-likeness (QED) is 0.830. The van der Waals surface area contributed by atoms with Gasteiger partial charge in [-0.25, -0.2) is 0 Å². The summed E-state index contributed by atoms with van der Waals surface area (Å²) in [6, 6.07) is 3.61. The van der Waals surface area contributed by atoms with Crippen LogP contribution in [0.2, 0.25) is 0 Å². The van der Waals surface area contributed by atoms with Crippen LogP contribution >= 0.6 is 24.2 Å². The van der Waals surface area contributed by atoms with Crippen molar-refractivity contribution >= 4 is 24.2 Å². The van der Waals surface area contributed by atoms with E-state index in [9.17, 15) is 0 Å². The first-order chi connectivity index (χ1) is 7.91. The Morgan fingerprint density at radius 3 is 2.38 bits per heavy atom. The summed E-state index contributed by atoms with van der Waals surface area (Å²) in [4.78, 5) is 0.950. The van der Waals surface area contributed by atoms with Crippen LogP contribution in [-0.4, -0.2) is 27.0 Å². The van der Waals surface area contributed by atoms with E-state index in [4.69, 9.17) is 17.9 Å². The van der Waals surface area contributed by atoms with Gasteiger partial charge >= 0.3 is 0 Å². The van der Waals surface area contributed by atoms with Gasteiger partial charge in [0, 0.05) is 2.74 Å². The minimum atomic E-state index is -1.76. The number of hydrogen-bond donors (Lipinski definition) is 1. The minimum Gasteiger partial charge on any atom is -0.496 e. The lowest BCUT2D eigenvalue weighted by molar-refractivity contribution is 0.390. The van der Waals surface area contributed by atoms with E-state index in [1.165, 1.54) is 0 Å². The molecule has 0 aromatic heterocycles. The first-order valence-corrected chi connectivity index (χ1v) is 5.71. The molecule has 1 aromatic rings. The van der Waals surface area contributed by atoms with Gasteiger partial charge in [-0.05, 0) is 36.9 Å². The highest BCUT2D eigenvalue weighted by Crippen LogP contribution is 2.34. The molecule has 0 aliphatic heterocycles. The van der Waals surface area contributed by atoms with Crippen LogP contribution in [0.25, 0.3) is 0 Å². The van der Waals surface area contributed by atoms with E-state index in [0.717, 1.165) is 4.90 Å². The summed E-state index contributed by atoms with van der Waals surface area (Å²) in [6.45, 7) is -1.76. The Labute approximate surface area is 110 Å². The van der Waals surface area contributed by atoms with E-state index in [2.05, 4.69) is 0 Å². The summed E-state index contributed by atoms with van der Waals surface area (Å²) in [5.41, 5.74) is 6.09. The lowest BCUT2D eigenvalue weighted by Crippen LogP contribution is -2.05. The normalized spacial score (nSPS) is 12.2. The number of hydrogen-bond acceptors (Lipinski definition) is 4. The molecular weight excluding hydrogens is 246 g/mol. The average molecular weight is 266 g/mol. The van der Waals surface area contributed by atoms with Crippen molar-refractivity contribution in [2.45, 2.75) is 11.3 Å². The molecule has 0 saturated carbocycles. The fourth-order valence-electron chi connectivity index (χ4n) is 1.34. The van der Waals surface area contributed by atoms with Crippen molar-refractivity contribution in [3.63, 3.8) is 0 Å². The molecule has 1 aromatic carbocycles. The van der Waals surface area contributed by atoms with Crippen molar-refractivity contribution in [3.8, 4) is 11.5 Å². The zero-order chi connectivity index (χ0) is 13.1. The minimum absolute atomic E-state index is 0. The monoisotopic (exact) mass is 265 g/mol. The van der Waals surface area contributed by atoms with Gasteiger partial charge in [0.2, 0.25) is 0 Å².